The summed E-state index contributed by atoms with van der Waals surface area (Å²) in [5, 5.41) is 0. The van der Waals surface area contributed by atoms with Crippen molar-refractivity contribution in [1.29, 1.82) is 0 Å². The van der Waals surface area contributed by atoms with E-state index in [4.69, 9.17) is 9.47 Å². The zero-order chi connectivity index (χ0) is 13.2. The molecule has 2 heteroatoms. The van der Waals surface area contributed by atoms with Gasteiger partial charge in [0.2, 0.25) is 0 Å². The molecule has 2 nitrogen and oxygen atoms in total. The van der Waals surface area contributed by atoms with Crippen LogP contribution < -0.4 is 0 Å². The van der Waals surface area contributed by atoms with Gasteiger partial charge >= 0.3 is 0 Å². The van der Waals surface area contributed by atoms with Crippen molar-refractivity contribution in [3.8, 4) is 0 Å². The Hall–Kier alpha value is -0.0800. The lowest BCUT2D eigenvalue weighted by Crippen LogP contribution is -2.24. The molecule has 3 rings (SSSR count). The zero-order valence-corrected chi connectivity index (χ0v) is 12.6. The van der Waals surface area contributed by atoms with Gasteiger partial charge in [0, 0.05) is 0 Å². The average Bonchev–Trinajstić information content (AvgIpc) is 3.09. The molecular weight excluding hydrogens is 236 g/mol. The summed E-state index contributed by atoms with van der Waals surface area (Å²) in [7, 11) is 0. The fourth-order valence-corrected chi connectivity index (χ4v) is 4.89. The molecule has 2 bridgehead atoms. The lowest BCUT2D eigenvalue weighted by molar-refractivity contribution is -0.0480. The quantitative estimate of drug-likeness (QED) is 0.670. The number of rotatable bonds is 6. The van der Waals surface area contributed by atoms with E-state index in [-0.39, 0.29) is 6.29 Å². The summed E-state index contributed by atoms with van der Waals surface area (Å²) in [4.78, 5) is 0. The van der Waals surface area contributed by atoms with Gasteiger partial charge in [-0.05, 0) is 55.3 Å². The van der Waals surface area contributed by atoms with E-state index in [1.54, 1.807) is 0 Å². The molecule has 0 aromatic rings. The molecule has 0 spiro atoms. The van der Waals surface area contributed by atoms with Crippen LogP contribution in [0.1, 0.15) is 58.8 Å². The second kappa shape index (κ2) is 6.13. The number of ether oxygens (including phenoxy) is 2. The van der Waals surface area contributed by atoms with Gasteiger partial charge < -0.3 is 9.47 Å². The van der Waals surface area contributed by atoms with Crippen LogP contribution in [0.5, 0.6) is 0 Å². The maximum atomic E-state index is 5.48. The van der Waals surface area contributed by atoms with Gasteiger partial charge in [0.25, 0.3) is 0 Å². The first kappa shape index (κ1) is 13.9. The number of unbranched alkanes of at least 4 members (excludes halogenated alkanes) is 2. The minimum absolute atomic E-state index is 0.114. The molecule has 19 heavy (non-hydrogen) atoms. The van der Waals surface area contributed by atoms with E-state index in [2.05, 4.69) is 13.8 Å². The summed E-state index contributed by atoms with van der Waals surface area (Å²) < 4.78 is 11.0. The molecule has 0 aromatic heterocycles. The fourth-order valence-electron chi connectivity index (χ4n) is 4.89. The second-order valence-corrected chi connectivity index (χ2v) is 7.18. The third kappa shape index (κ3) is 3.00. The molecule has 2 aliphatic carbocycles. The van der Waals surface area contributed by atoms with Crippen molar-refractivity contribution >= 4 is 0 Å². The van der Waals surface area contributed by atoms with Crippen LogP contribution in [0.2, 0.25) is 0 Å². The molecule has 0 N–H and O–H groups in total. The fraction of sp³-hybridized carbons (Fsp3) is 1.00. The van der Waals surface area contributed by atoms with Gasteiger partial charge in [-0.15, -0.1) is 0 Å². The maximum absolute atomic E-state index is 5.48. The third-order valence-corrected chi connectivity index (χ3v) is 6.24. The first-order chi connectivity index (χ1) is 9.25. The van der Waals surface area contributed by atoms with Gasteiger partial charge in [0.1, 0.15) is 0 Å². The molecule has 0 amide bonds. The van der Waals surface area contributed by atoms with E-state index >= 15 is 0 Å². The topological polar surface area (TPSA) is 18.5 Å². The normalized spacial score (nSPS) is 42.3. The number of fused-ring (bicyclic) bond motifs is 2. The van der Waals surface area contributed by atoms with Crippen LogP contribution in [0.15, 0.2) is 0 Å². The Bertz CT molecular complexity index is 283. The highest BCUT2D eigenvalue weighted by Crippen LogP contribution is 2.56. The molecule has 5 atom stereocenters. The van der Waals surface area contributed by atoms with Crippen LogP contribution in [0.4, 0.5) is 0 Å². The lowest BCUT2D eigenvalue weighted by atomic mass is 9.74. The van der Waals surface area contributed by atoms with Crippen molar-refractivity contribution in [1.82, 2.24) is 0 Å². The van der Waals surface area contributed by atoms with Gasteiger partial charge in [-0.25, -0.2) is 0 Å². The van der Waals surface area contributed by atoms with Crippen LogP contribution in [0, 0.1) is 29.6 Å². The van der Waals surface area contributed by atoms with Crippen LogP contribution in [0.25, 0.3) is 0 Å². The largest absolute Gasteiger partial charge is 0.350 e. The summed E-state index contributed by atoms with van der Waals surface area (Å²) in [5.74, 6) is 5.16. The Morgan fingerprint density at radius 2 is 1.58 bits per heavy atom. The van der Waals surface area contributed by atoms with Crippen LogP contribution in [-0.4, -0.2) is 19.5 Å². The Balaban J connectivity index is 1.29. The SMILES string of the molecule is CC1C2CC(CCCCCC3OCCO3)C(C2)C1C. The molecule has 3 fully saturated rings. The summed E-state index contributed by atoms with van der Waals surface area (Å²) in [6.07, 6.45) is 9.82. The lowest BCUT2D eigenvalue weighted by Gasteiger charge is -2.31. The molecule has 0 radical (unpaired) electrons. The van der Waals surface area contributed by atoms with E-state index in [9.17, 15) is 0 Å². The van der Waals surface area contributed by atoms with Crippen LogP contribution in [-0.2, 0) is 9.47 Å². The predicted octanol–water partition coefficient (Wildman–Crippen LogP) is 4.24. The van der Waals surface area contributed by atoms with Crippen molar-refractivity contribution in [2.45, 2.75) is 65.1 Å². The van der Waals surface area contributed by atoms with Crippen molar-refractivity contribution < 1.29 is 9.47 Å². The minimum atomic E-state index is 0.114. The molecule has 2 saturated carbocycles. The molecular formula is C17H30O2. The molecule has 1 heterocycles. The highest BCUT2D eigenvalue weighted by Gasteiger charge is 2.47. The van der Waals surface area contributed by atoms with Gasteiger partial charge in [0.05, 0.1) is 13.2 Å². The first-order valence-corrected chi connectivity index (χ1v) is 8.49. The van der Waals surface area contributed by atoms with Gasteiger partial charge in [-0.3, -0.25) is 0 Å². The Morgan fingerprint density at radius 1 is 0.842 bits per heavy atom. The number of hydrogen-bond acceptors (Lipinski definition) is 2. The van der Waals surface area contributed by atoms with E-state index in [1.165, 1.54) is 38.5 Å². The van der Waals surface area contributed by atoms with Crippen LogP contribution in [0.3, 0.4) is 0 Å². The maximum Gasteiger partial charge on any atom is 0.157 e. The Kier molecular flexibility index (Phi) is 4.48. The standard InChI is InChI=1S/C17H30O2/c1-12-13(2)16-11-15(12)10-14(16)6-4-3-5-7-17-18-8-9-19-17/h12-17H,3-11H2,1-2H3. The minimum Gasteiger partial charge on any atom is -0.350 e. The van der Waals surface area contributed by atoms with Crippen molar-refractivity contribution in [3.05, 3.63) is 0 Å². The zero-order valence-electron chi connectivity index (χ0n) is 12.6. The van der Waals surface area contributed by atoms with Crippen molar-refractivity contribution in [3.63, 3.8) is 0 Å². The molecule has 1 aliphatic heterocycles. The highest BCUT2D eigenvalue weighted by molar-refractivity contribution is 4.97. The van der Waals surface area contributed by atoms with E-state index in [0.717, 1.165) is 49.2 Å². The number of hydrogen-bond donors (Lipinski definition) is 0. The van der Waals surface area contributed by atoms with Gasteiger partial charge in [0.15, 0.2) is 6.29 Å². The monoisotopic (exact) mass is 266 g/mol. The van der Waals surface area contributed by atoms with Gasteiger partial charge in [-0.2, -0.15) is 0 Å². The van der Waals surface area contributed by atoms with E-state index in [0.29, 0.717) is 0 Å². The second-order valence-electron chi connectivity index (χ2n) is 7.18. The van der Waals surface area contributed by atoms with Crippen molar-refractivity contribution in [2.24, 2.45) is 29.6 Å². The average molecular weight is 266 g/mol. The molecule has 3 aliphatic rings. The van der Waals surface area contributed by atoms with Crippen molar-refractivity contribution in [2.75, 3.05) is 13.2 Å². The summed E-state index contributed by atoms with van der Waals surface area (Å²) in [6, 6.07) is 0. The molecule has 5 unspecified atom stereocenters. The predicted molar refractivity (Wildman–Crippen MR) is 76.8 cm³/mol. The smallest absolute Gasteiger partial charge is 0.157 e. The summed E-state index contributed by atoms with van der Waals surface area (Å²) in [5.41, 5.74) is 0. The third-order valence-electron chi connectivity index (χ3n) is 6.24. The van der Waals surface area contributed by atoms with Gasteiger partial charge in [-0.1, -0.05) is 33.1 Å². The molecule has 110 valence electrons. The van der Waals surface area contributed by atoms with Crippen LogP contribution >= 0.6 is 0 Å². The molecule has 1 saturated heterocycles. The summed E-state index contributed by atoms with van der Waals surface area (Å²) in [6.45, 7) is 6.57. The Labute approximate surface area is 118 Å². The molecule has 0 aromatic carbocycles. The highest BCUT2D eigenvalue weighted by atomic mass is 16.7. The Morgan fingerprint density at radius 3 is 2.26 bits per heavy atom. The first-order valence-electron chi connectivity index (χ1n) is 8.49. The van der Waals surface area contributed by atoms with E-state index < -0.39 is 0 Å². The summed E-state index contributed by atoms with van der Waals surface area (Å²) >= 11 is 0. The van der Waals surface area contributed by atoms with E-state index in [1.807, 2.05) is 0 Å².